The largest absolute Gasteiger partial charge is 0.506 e. The number of hydrogen-bond donors (Lipinski definition) is 2. The third-order valence-corrected chi connectivity index (χ3v) is 3.32. The third kappa shape index (κ3) is 2.38. The van der Waals surface area contributed by atoms with Gasteiger partial charge in [-0.05, 0) is 24.3 Å². The van der Waals surface area contributed by atoms with E-state index in [-0.39, 0.29) is 11.3 Å². The number of benzene rings is 2. The number of nitrogens with one attached hydrogen (secondary N) is 1. The summed E-state index contributed by atoms with van der Waals surface area (Å²) in [5.74, 6) is 0.801. The van der Waals surface area contributed by atoms with E-state index >= 15 is 0 Å². The van der Waals surface area contributed by atoms with Crippen molar-refractivity contribution in [1.29, 1.82) is 5.26 Å². The van der Waals surface area contributed by atoms with Crippen LogP contribution in [-0.2, 0) is 0 Å². The molecule has 22 heavy (non-hydrogen) atoms. The molecule has 1 aromatic heterocycles. The van der Waals surface area contributed by atoms with Crippen LogP contribution in [0.25, 0.3) is 22.4 Å². The Labute approximate surface area is 127 Å². The first-order chi connectivity index (χ1) is 10.7. The number of H-pyrrole nitrogens is 1. The maximum absolute atomic E-state index is 10.4. The van der Waals surface area contributed by atoms with Crippen molar-refractivity contribution in [3.05, 3.63) is 59.9 Å². The second-order valence-corrected chi connectivity index (χ2v) is 4.67. The predicted octanol–water partition coefficient (Wildman–Crippen LogP) is 3.52. The van der Waals surface area contributed by atoms with Crippen molar-refractivity contribution in [1.82, 2.24) is 9.97 Å². The summed E-state index contributed by atoms with van der Waals surface area (Å²) in [6.45, 7) is 0. The number of methoxy groups -OCH3 is 1. The molecule has 2 N–H and O–H groups in total. The van der Waals surface area contributed by atoms with Gasteiger partial charge in [0.1, 0.15) is 23.2 Å². The Bertz CT molecular complexity index is 870. The smallest absolute Gasteiger partial charge is 0.153 e. The van der Waals surface area contributed by atoms with Gasteiger partial charge >= 0.3 is 0 Å². The van der Waals surface area contributed by atoms with Crippen molar-refractivity contribution in [3.8, 4) is 11.8 Å². The van der Waals surface area contributed by atoms with Gasteiger partial charge in [-0.1, -0.05) is 24.3 Å². The van der Waals surface area contributed by atoms with Crippen LogP contribution in [-0.4, -0.2) is 22.2 Å². The highest BCUT2D eigenvalue weighted by Gasteiger charge is 2.15. The molecule has 0 atom stereocenters. The fourth-order valence-electron chi connectivity index (χ4n) is 2.20. The number of aromatic nitrogens is 2. The molecule has 3 rings (SSSR count). The Balaban J connectivity index is 2.13. The van der Waals surface area contributed by atoms with Crippen LogP contribution in [0.5, 0.6) is 5.75 Å². The lowest BCUT2D eigenvalue weighted by Gasteiger charge is -2.05. The molecule has 0 unspecified atom stereocenters. The van der Waals surface area contributed by atoms with Gasteiger partial charge in [0, 0.05) is 5.56 Å². The molecule has 0 bridgehead atoms. The summed E-state index contributed by atoms with van der Waals surface area (Å²) in [6, 6.07) is 16.3. The molecule has 108 valence electrons. The molecule has 0 spiro atoms. The highest BCUT2D eigenvalue weighted by molar-refractivity contribution is 5.94. The average Bonchev–Trinajstić information content (AvgIpc) is 2.99. The van der Waals surface area contributed by atoms with Gasteiger partial charge in [-0.25, -0.2) is 4.98 Å². The van der Waals surface area contributed by atoms with E-state index in [9.17, 15) is 10.4 Å². The number of imidazole rings is 1. The fraction of sp³-hybridized carbons (Fsp3) is 0.0588. The van der Waals surface area contributed by atoms with Crippen LogP contribution in [0, 0.1) is 11.3 Å². The van der Waals surface area contributed by atoms with Gasteiger partial charge in [-0.3, -0.25) is 0 Å². The number of nitrogens with zero attached hydrogens (tertiary/aromatic N) is 2. The summed E-state index contributed by atoms with van der Waals surface area (Å²) in [6.07, 6.45) is 0. The minimum Gasteiger partial charge on any atom is -0.506 e. The second-order valence-electron chi connectivity index (χ2n) is 4.67. The highest BCUT2D eigenvalue weighted by atomic mass is 16.5. The lowest BCUT2D eigenvalue weighted by molar-refractivity contribution is 0.414. The van der Waals surface area contributed by atoms with Crippen LogP contribution in [0.3, 0.4) is 0 Å². The van der Waals surface area contributed by atoms with Crippen molar-refractivity contribution < 1.29 is 9.84 Å². The van der Waals surface area contributed by atoms with Crippen LogP contribution < -0.4 is 4.74 Å². The SMILES string of the molecule is COc1cccc(C(O)=C(C#N)c2nc3ccccc3[nH]2)c1. The molecule has 0 fully saturated rings. The fourth-order valence-corrected chi connectivity index (χ4v) is 2.20. The van der Waals surface area contributed by atoms with Gasteiger partial charge in [0.25, 0.3) is 0 Å². The van der Waals surface area contributed by atoms with Crippen LogP contribution >= 0.6 is 0 Å². The van der Waals surface area contributed by atoms with Crippen molar-refractivity contribution in [2.45, 2.75) is 0 Å². The zero-order valence-corrected chi connectivity index (χ0v) is 11.9. The van der Waals surface area contributed by atoms with E-state index in [2.05, 4.69) is 9.97 Å². The first kappa shape index (κ1) is 13.7. The molecule has 0 amide bonds. The molecular formula is C17H13N3O2. The molecular weight excluding hydrogens is 278 g/mol. The Kier molecular flexibility index (Phi) is 3.50. The van der Waals surface area contributed by atoms with E-state index in [1.807, 2.05) is 30.3 Å². The highest BCUT2D eigenvalue weighted by Crippen LogP contribution is 2.26. The first-order valence-corrected chi connectivity index (χ1v) is 6.66. The third-order valence-electron chi connectivity index (χ3n) is 3.32. The molecule has 0 aliphatic rings. The van der Waals surface area contributed by atoms with Crippen molar-refractivity contribution in [2.75, 3.05) is 7.11 Å². The van der Waals surface area contributed by atoms with E-state index in [0.29, 0.717) is 17.1 Å². The second kappa shape index (κ2) is 5.62. The van der Waals surface area contributed by atoms with Gasteiger partial charge in [0.2, 0.25) is 0 Å². The molecule has 2 aromatic carbocycles. The molecule has 5 heteroatoms. The molecule has 5 nitrogen and oxygen atoms in total. The van der Waals surface area contributed by atoms with Crippen LogP contribution in [0.1, 0.15) is 11.4 Å². The number of nitriles is 1. The standard InChI is InChI=1S/C17H13N3O2/c1-22-12-6-4-5-11(9-12)16(21)13(10-18)17-19-14-7-2-3-8-15(14)20-17/h2-9,21H,1H3,(H,19,20). The number of rotatable bonds is 3. The predicted molar refractivity (Wildman–Crippen MR) is 84.1 cm³/mol. The Morgan fingerprint density at radius 2 is 2.05 bits per heavy atom. The number of aromatic amines is 1. The maximum atomic E-state index is 10.4. The van der Waals surface area contributed by atoms with E-state index in [1.165, 1.54) is 0 Å². The molecule has 0 saturated carbocycles. The summed E-state index contributed by atoms with van der Waals surface area (Å²) in [4.78, 5) is 7.39. The van der Waals surface area contributed by atoms with Gasteiger partial charge in [0.05, 0.1) is 18.1 Å². The average molecular weight is 291 g/mol. The van der Waals surface area contributed by atoms with Gasteiger partial charge in [-0.15, -0.1) is 0 Å². The maximum Gasteiger partial charge on any atom is 0.153 e. The number of fused-ring (bicyclic) bond motifs is 1. The number of aliphatic hydroxyl groups excluding tert-OH is 1. The van der Waals surface area contributed by atoms with E-state index in [1.54, 1.807) is 31.4 Å². The Morgan fingerprint density at radius 1 is 1.23 bits per heavy atom. The monoisotopic (exact) mass is 291 g/mol. The molecule has 3 aromatic rings. The van der Waals surface area contributed by atoms with Crippen molar-refractivity contribution >= 4 is 22.4 Å². The van der Waals surface area contributed by atoms with E-state index in [4.69, 9.17) is 4.74 Å². The zero-order chi connectivity index (χ0) is 15.5. The Hall–Kier alpha value is -3.26. The summed E-state index contributed by atoms with van der Waals surface area (Å²) in [5.41, 5.74) is 2.13. The van der Waals surface area contributed by atoms with Gasteiger partial charge in [0.15, 0.2) is 5.82 Å². The quantitative estimate of drug-likeness (QED) is 0.571. The molecule has 0 saturated heterocycles. The number of allylic oxidation sites excluding steroid dienone is 1. The minimum absolute atomic E-state index is 0.0875. The van der Waals surface area contributed by atoms with E-state index in [0.717, 1.165) is 11.0 Å². The first-order valence-electron chi connectivity index (χ1n) is 6.66. The zero-order valence-electron chi connectivity index (χ0n) is 11.9. The summed E-state index contributed by atoms with van der Waals surface area (Å²) in [5, 5.41) is 19.8. The van der Waals surface area contributed by atoms with Gasteiger partial charge in [-0.2, -0.15) is 5.26 Å². The normalized spacial score (nSPS) is 11.8. The molecule has 0 aliphatic carbocycles. The van der Waals surface area contributed by atoms with Crippen molar-refractivity contribution in [3.63, 3.8) is 0 Å². The minimum atomic E-state index is -0.138. The van der Waals surface area contributed by atoms with Gasteiger partial charge < -0.3 is 14.8 Å². The summed E-state index contributed by atoms with van der Waals surface area (Å²) in [7, 11) is 1.55. The molecule has 0 aliphatic heterocycles. The Morgan fingerprint density at radius 3 is 2.77 bits per heavy atom. The van der Waals surface area contributed by atoms with Crippen molar-refractivity contribution in [2.24, 2.45) is 0 Å². The summed E-state index contributed by atoms with van der Waals surface area (Å²) >= 11 is 0. The number of para-hydroxylation sites is 2. The topological polar surface area (TPSA) is 81.9 Å². The van der Waals surface area contributed by atoms with E-state index < -0.39 is 0 Å². The number of aliphatic hydroxyl groups is 1. The van der Waals surface area contributed by atoms with Crippen LogP contribution in [0.2, 0.25) is 0 Å². The number of ether oxygens (including phenoxy) is 1. The molecule has 1 heterocycles. The van der Waals surface area contributed by atoms with Crippen LogP contribution in [0.4, 0.5) is 0 Å². The summed E-state index contributed by atoms with van der Waals surface area (Å²) < 4.78 is 5.13. The molecule has 0 radical (unpaired) electrons. The van der Waals surface area contributed by atoms with Crippen LogP contribution in [0.15, 0.2) is 48.5 Å². The number of hydrogen-bond acceptors (Lipinski definition) is 4. The lowest BCUT2D eigenvalue weighted by atomic mass is 10.1. The lowest BCUT2D eigenvalue weighted by Crippen LogP contribution is -1.93.